The number of carboxylic acids is 2. The number of aromatic carboxylic acids is 2. The fourth-order valence-electron chi connectivity index (χ4n) is 4.28. The molecule has 0 spiro atoms. The lowest BCUT2D eigenvalue weighted by molar-refractivity contribution is -0.0475. The topological polar surface area (TPSA) is 170 Å². The molecule has 2 aromatic rings. The molecule has 2 aromatic carbocycles. The first-order chi connectivity index (χ1) is 21.4. The lowest BCUT2D eigenvalue weighted by Gasteiger charge is -2.23. The van der Waals surface area contributed by atoms with E-state index in [0.717, 1.165) is 5.71 Å². The van der Waals surface area contributed by atoms with Crippen molar-refractivity contribution in [1.82, 2.24) is 4.90 Å². The van der Waals surface area contributed by atoms with Gasteiger partial charge >= 0.3 is 11.9 Å². The summed E-state index contributed by atoms with van der Waals surface area (Å²) in [5.74, 6) is -1.68. The number of carboxylic acid groups (broad SMARTS) is 2. The molecular weight excluding hydrogens is 596 g/mol. The Kier molecular flexibility index (Phi) is 13.1. The van der Waals surface area contributed by atoms with E-state index in [4.69, 9.17) is 40.6 Å². The number of rotatable bonds is 4. The molecule has 0 aromatic heterocycles. The number of anilines is 2. The Hall–Kier alpha value is -3.86. The molecule has 15 heteroatoms. The minimum Gasteiger partial charge on any atom is -0.488 e. The fourth-order valence-corrected chi connectivity index (χ4v) is 4.52. The van der Waals surface area contributed by atoms with E-state index in [1.165, 1.54) is 18.2 Å². The summed E-state index contributed by atoms with van der Waals surface area (Å²) in [5, 5.41) is 24.8. The Morgan fingerprint density at radius 3 is 2.18 bits per heavy atom. The number of carbonyl (C=O) groups is 2. The highest BCUT2D eigenvalue weighted by Crippen LogP contribution is 2.31. The van der Waals surface area contributed by atoms with Gasteiger partial charge in [0.05, 0.1) is 63.0 Å². The van der Waals surface area contributed by atoms with Crippen molar-refractivity contribution < 1.29 is 48.2 Å². The van der Waals surface area contributed by atoms with Gasteiger partial charge in [-0.15, -0.1) is 0 Å². The van der Waals surface area contributed by atoms with E-state index < -0.39 is 11.9 Å². The number of benzene rings is 2. The van der Waals surface area contributed by atoms with E-state index in [1.54, 1.807) is 18.2 Å². The second kappa shape index (κ2) is 17.4. The van der Waals surface area contributed by atoms with Crippen molar-refractivity contribution in [3.05, 3.63) is 47.5 Å². The van der Waals surface area contributed by atoms with Crippen LogP contribution in [0.1, 0.15) is 20.7 Å². The van der Waals surface area contributed by atoms with Crippen LogP contribution in [0.3, 0.4) is 0 Å². The van der Waals surface area contributed by atoms with E-state index >= 15 is 0 Å². The summed E-state index contributed by atoms with van der Waals surface area (Å²) in [6.07, 6.45) is 0. The average molecular weight is 633 g/mol. The van der Waals surface area contributed by atoms with E-state index in [2.05, 4.69) is 20.5 Å². The van der Waals surface area contributed by atoms with E-state index in [9.17, 15) is 19.8 Å². The van der Waals surface area contributed by atoms with Crippen molar-refractivity contribution in [3.8, 4) is 11.5 Å². The lowest BCUT2D eigenvalue weighted by atomic mass is 10.1. The van der Waals surface area contributed by atoms with E-state index in [-0.39, 0.29) is 36.2 Å². The average Bonchev–Trinajstić information content (AvgIpc) is 3.00. The first-order valence-corrected chi connectivity index (χ1v) is 14.4. The highest BCUT2D eigenvalue weighted by molar-refractivity contribution is 7.80. The molecule has 1 fully saturated rings. The highest BCUT2D eigenvalue weighted by atomic mass is 32.1. The fraction of sp³-hybridized carbons (Fsp3) is 0.448. The van der Waals surface area contributed by atoms with Crippen molar-refractivity contribution in [2.45, 2.75) is 0 Å². The van der Waals surface area contributed by atoms with Crippen LogP contribution >= 0.6 is 12.2 Å². The lowest BCUT2D eigenvalue weighted by Crippen LogP contribution is -2.35. The number of aliphatic imine (C=N–C) groups is 1. The van der Waals surface area contributed by atoms with E-state index in [0.29, 0.717) is 88.7 Å². The molecule has 0 aliphatic carbocycles. The van der Waals surface area contributed by atoms with Crippen LogP contribution in [0.2, 0.25) is 0 Å². The van der Waals surface area contributed by atoms with Crippen LogP contribution in [0.5, 0.6) is 11.5 Å². The molecule has 4 N–H and O–H groups in total. The monoisotopic (exact) mass is 632 g/mol. The highest BCUT2D eigenvalue weighted by Gasteiger charge is 2.17. The zero-order chi connectivity index (χ0) is 31.1. The maximum absolute atomic E-state index is 11.5. The van der Waals surface area contributed by atoms with Gasteiger partial charge in [0.25, 0.3) is 0 Å². The predicted octanol–water partition coefficient (Wildman–Crippen LogP) is 2.44. The molecule has 2 aliphatic rings. The van der Waals surface area contributed by atoms with Crippen molar-refractivity contribution in [1.29, 1.82) is 0 Å². The summed E-state index contributed by atoms with van der Waals surface area (Å²) < 4.78 is 34.9. The summed E-state index contributed by atoms with van der Waals surface area (Å²) in [6.45, 7) is 5.68. The van der Waals surface area contributed by atoms with Crippen LogP contribution in [0.4, 0.5) is 11.4 Å². The van der Waals surface area contributed by atoms with Crippen LogP contribution in [-0.2, 0) is 18.9 Å². The second-order valence-electron chi connectivity index (χ2n) is 9.64. The molecule has 238 valence electrons. The zero-order valence-corrected chi connectivity index (χ0v) is 24.9. The van der Waals surface area contributed by atoms with Crippen LogP contribution in [0.25, 0.3) is 0 Å². The maximum Gasteiger partial charge on any atom is 0.336 e. The Labute approximate surface area is 259 Å². The molecule has 0 amide bonds. The Balaban J connectivity index is 1.48. The SMILES string of the molecule is O=C(O)c1ccc(NC(=S)Nc2ccc3c(c2)OCCN2CCOCCOC/C(=N\CCO3)COCOCC2)cc1C(=O)O. The maximum atomic E-state index is 11.5. The number of thiocarbonyl (C=S) groups is 1. The van der Waals surface area contributed by atoms with Gasteiger partial charge < -0.3 is 49.3 Å². The number of hydrogen-bond acceptors (Lipinski definition) is 11. The Bertz CT molecular complexity index is 1330. The molecule has 1 atom stereocenters. The number of nitrogens with zero attached hydrogens (tertiary/aromatic N) is 2. The summed E-state index contributed by atoms with van der Waals surface area (Å²) in [4.78, 5) is 29.6. The standard InChI is InChI=1S/C29H36N4O10S/c34-27(35)23-3-1-20(15-24(23)28(36)37)31-29(44)32-21-2-4-25-26(16-21)43-12-8-33-6-10-38-13-14-39-17-22(30-5-9-42-25)18-41-19-40-11-7-33/h1-4,15-16H,5-14,17-19H2,(H,34,35)(H,36,37)(H2,31,32,44)/b30-22+. The minimum atomic E-state index is -1.36. The normalized spacial score (nSPS) is 20.2. The zero-order valence-electron chi connectivity index (χ0n) is 24.1. The van der Waals surface area contributed by atoms with Gasteiger partial charge in [-0.2, -0.15) is 0 Å². The third kappa shape index (κ3) is 10.7. The van der Waals surface area contributed by atoms with Gasteiger partial charge in [0.2, 0.25) is 0 Å². The molecule has 1 saturated heterocycles. The van der Waals surface area contributed by atoms with Gasteiger partial charge in [-0.3, -0.25) is 9.89 Å². The smallest absolute Gasteiger partial charge is 0.336 e. The van der Waals surface area contributed by atoms with Crippen LogP contribution in [-0.4, -0.2) is 124 Å². The number of hydrogen-bond donors (Lipinski definition) is 4. The van der Waals surface area contributed by atoms with Gasteiger partial charge in [-0.05, 0) is 42.5 Å². The van der Waals surface area contributed by atoms with Gasteiger partial charge in [0.1, 0.15) is 20.0 Å². The van der Waals surface area contributed by atoms with Crippen molar-refractivity contribution >= 4 is 46.4 Å². The molecule has 4 rings (SSSR count). The summed E-state index contributed by atoms with van der Waals surface area (Å²) >= 11 is 5.42. The van der Waals surface area contributed by atoms with Gasteiger partial charge in [-0.1, -0.05) is 0 Å². The number of nitrogens with one attached hydrogen (secondary N) is 2. The molecule has 0 radical (unpaired) electrons. The Morgan fingerprint density at radius 2 is 1.39 bits per heavy atom. The van der Waals surface area contributed by atoms with Crippen LogP contribution < -0.4 is 20.1 Å². The molecule has 0 saturated carbocycles. The van der Waals surface area contributed by atoms with Gasteiger partial charge in [0, 0.05) is 37.1 Å². The van der Waals surface area contributed by atoms with E-state index in [1.807, 2.05) is 0 Å². The van der Waals surface area contributed by atoms with Crippen molar-refractivity contribution in [2.75, 3.05) is 96.5 Å². The van der Waals surface area contributed by atoms with Crippen molar-refractivity contribution in [3.63, 3.8) is 0 Å². The third-order valence-corrected chi connectivity index (χ3v) is 6.67. The molecule has 2 bridgehead atoms. The Morgan fingerprint density at radius 1 is 0.727 bits per heavy atom. The molecule has 14 nitrogen and oxygen atoms in total. The summed E-state index contributed by atoms with van der Waals surface area (Å²) in [7, 11) is 0. The predicted molar refractivity (Wildman–Crippen MR) is 165 cm³/mol. The molecule has 2 aliphatic heterocycles. The quantitative estimate of drug-likeness (QED) is 0.363. The first kappa shape index (κ1) is 33.0. The molecule has 2 heterocycles. The molecule has 44 heavy (non-hydrogen) atoms. The third-order valence-electron chi connectivity index (χ3n) is 6.47. The minimum absolute atomic E-state index is 0.155. The first-order valence-electron chi connectivity index (χ1n) is 14.0. The molecular formula is C29H36N4O10S. The molecule has 1 unspecified atom stereocenters. The van der Waals surface area contributed by atoms with Crippen molar-refractivity contribution in [2.24, 2.45) is 4.99 Å². The largest absolute Gasteiger partial charge is 0.488 e. The second-order valence-corrected chi connectivity index (χ2v) is 10.0. The van der Waals surface area contributed by atoms with Gasteiger partial charge in [-0.25, -0.2) is 9.59 Å². The van der Waals surface area contributed by atoms with Crippen LogP contribution in [0, 0.1) is 0 Å². The number of fused-ring (bicyclic) bond motifs is 8. The van der Waals surface area contributed by atoms with Gasteiger partial charge in [0.15, 0.2) is 16.6 Å². The summed E-state index contributed by atoms with van der Waals surface area (Å²) in [6, 6.07) is 9.13. The summed E-state index contributed by atoms with van der Waals surface area (Å²) in [5.41, 5.74) is 0.964. The number of ether oxygens (including phenoxy) is 6. The van der Waals surface area contributed by atoms with Crippen LogP contribution in [0.15, 0.2) is 41.4 Å².